The fourth-order valence-electron chi connectivity index (χ4n) is 3.04. The van der Waals surface area contributed by atoms with Gasteiger partial charge in [-0.1, -0.05) is 70.8 Å². The second-order valence-electron chi connectivity index (χ2n) is 7.28. The number of hydrogen-bond donors (Lipinski definition) is 2. The van der Waals surface area contributed by atoms with Crippen molar-refractivity contribution in [2.24, 2.45) is 0 Å². The molecule has 0 radical (unpaired) electrons. The number of nitrogens with zero attached hydrogens (tertiary/aromatic N) is 1. The van der Waals surface area contributed by atoms with E-state index in [-0.39, 0.29) is 9.34 Å². The number of urea groups is 1. The lowest BCUT2D eigenvalue weighted by molar-refractivity contribution is -0.123. The molecule has 3 aromatic rings. The van der Waals surface area contributed by atoms with E-state index in [2.05, 4.69) is 26.7 Å². The lowest BCUT2D eigenvalue weighted by atomic mass is 10.2. The summed E-state index contributed by atoms with van der Waals surface area (Å²) >= 11 is 27.9. The van der Waals surface area contributed by atoms with Gasteiger partial charge in [-0.05, 0) is 76.2 Å². The van der Waals surface area contributed by atoms with Crippen LogP contribution in [0.15, 0.2) is 70.0 Å². The number of benzene rings is 3. The van der Waals surface area contributed by atoms with Crippen molar-refractivity contribution in [2.45, 2.75) is 6.61 Å². The van der Waals surface area contributed by atoms with Gasteiger partial charge < -0.3 is 10.1 Å². The first-order chi connectivity index (χ1) is 17.2. The van der Waals surface area contributed by atoms with Crippen LogP contribution in [0, 0.1) is 0 Å². The molecule has 12 heteroatoms. The lowest BCUT2D eigenvalue weighted by Gasteiger charge is -2.16. The molecule has 0 aliphatic carbocycles. The quantitative estimate of drug-likeness (QED) is 0.211. The van der Waals surface area contributed by atoms with E-state index in [9.17, 15) is 9.59 Å². The molecule has 4 rings (SSSR count). The minimum atomic E-state index is -0.659. The minimum absolute atomic E-state index is 0.189. The molecule has 0 bridgehead atoms. The summed E-state index contributed by atoms with van der Waals surface area (Å²) in [5, 5.41) is 4.86. The van der Waals surface area contributed by atoms with Crippen molar-refractivity contribution < 1.29 is 14.3 Å². The number of amides is 3. The van der Waals surface area contributed by atoms with Crippen LogP contribution >= 0.6 is 74.7 Å². The van der Waals surface area contributed by atoms with E-state index in [1.807, 2.05) is 30.3 Å². The van der Waals surface area contributed by atoms with E-state index < -0.39 is 11.9 Å². The summed E-state index contributed by atoms with van der Waals surface area (Å²) in [5.74, 6) is 0.171. The van der Waals surface area contributed by atoms with Gasteiger partial charge in [0.05, 0.1) is 19.4 Å². The van der Waals surface area contributed by atoms with Crippen LogP contribution < -0.4 is 15.5 Å². The van der Waals surface area contributed by atoms with E-state index in [0.717, 1.165) is 27.9 Å². The Bertz CT molecular complexity index is 1400. The fraction of sp³-hybridized carbons (Fsp3) is 0.0417. The highest BCUT2D eigenvalue weighted by Gasteiger charge is 2.33. The van der Waals surface area contributed by atoms with Gasteiger partial charge in [0, 0.05) is 16.3 Å². The van der Waals surface area contributed by atoms with Crippen molar-refractivity contribution >= 4 is 103 Å². The maximum atomic E-state index is 12.9. The Morgan fingerprint density at radius 3 is 2.56 bits per heavy atom. The van der Waals surface area contributed by atoms with E-state index >= 15 is 0 Å². The van der Waals surface area contributed by atoms with E-state index in [0.29, 0.717) is 37.5 Å². The summed E-state index contributed by atoms with van der Waals surface area (Å²) in [6.07, 6.45) is 1.68. The Labute approximate surface area is 240 Å². The SMILES string of the molecule is O=C(Nc1ccc(Cl)c(Cl)c1)NN1C(=O)/C(=C\c2ccc(OCc3ccccc3Cl)c(Br)c2)SC1=S. The molecule has 1 heterocycles. The van der Waals surface area contributed by atoms with Crippen LogP contribution in [-0.4, -0.2) is 21.3 Å². The Balaban J connectivity index is 1.40. The molecule has 6 nitrogen and oxygen atoms in total. The number of hydrogen-bond acceptors (Lipinski definition) is 5. The number of thiocarbonyl (C=S) groups is 1. The van der Waals surface area contributed by atoms with Crippen molar-refractivity contribution in [1.29, 1.82) is 0 Å². The molecule has 1 fully saturated rings. The van der Waals surface area contributed by atoms with Crippen LogP contribution in [0.1, 0.15) is 11.1 Å². The Morgan fingerprint density at radius 1 is 1.06 bits per heavy atom. The zero-order valence-electron chi connectivity index (χ0n) is 18.1. The van der Waals surface area contributed by atoms with Gasteiger partial charge in [-0.2, -0.15) is 5.01 Å². The smallest absolute Gasteiger partial charge is 0.338 e. The molecule has 36 heavy (non-hydrogen) atoms. The van der Waals surface area contributed by atoms with Crippen molar-refractivity contribution in [3.63, 3.8) is 0 Å². The lowest BCUT2D eigenvalue weighted by Crippen LogP contribution is -2.46. The number of halogens is 4. The van der Waals surface area contributed by atoms with Gasteiger partial charge in [0.15, 0.2) is 4.32 Å². The molecule has 0 atom stereocenters. The highest BCUT2D eigenvalue weighted by molar-refractivity contribution is 9.10. The van der Waals surface area contributed by atoms with Gasteiger partial charge in [0.25, 0.3) is 5.91 Å². The van der Waals surface area contributed by atoms with Crippen LogP contribution in [0.4, 0.5) is 10.5 Å². The van der Waals surface area contributed by atoms with Crippen molar-refractivity contribution in [3.8, 4) is 5.75 Å². The Hall–Kier alpha value is -2.27. The molecule has 1 aliphatic rings. The average molecular weight is 644 g/mol. The number of carbonyl (C=O) groups excluding carboxylic acids is 2. The molecule has 1 saturated heterocycles. The first kappa shape index (κ1) is 26.8. The maximum absolute atomic E-state index is 12.9. The number of thioether (sulfide) groups is 1. The first-order valence-electron chi connectivity index (χ1n) is 10.2. The highest BCUT2D eigenvalue weighted by Crippen LogP contribution is 2.34. The number of carbonyl (C=O) groups is 2. The highest BCUT2D eigenvalue weighted by atomic mass is 79.9. The van der Waals surface area contributed by atoms with Crippen molar-refractivity contribution in [2.75, 3.05) is 5.32 Å². The molecule has 0 aromatic heterocycles. The molecular weight excluding hydrogens is 629 g/mol. The van der Waals surface area contributed by atoms with Crippen LogP contribution in [0.3, 0.4) is 0 Å². The Morgan fingerprint density at radius 2 is 1.83 bits per heavy atom. The average Bonchev–Trinajstić information content (AvgIpc) is 3.09. The van der Waals surface area contributed by atoms with Crippen LogP contribution in [0.25, 0.3) is 6.08 Å². The molecule has 1 aliphatic heterocycles. The van der Waals surface area contributed by atoms with Gasteiger partial charge in [0.1, 0.15) is 12.4 Å². The number of anilines is 1. The number of nitrogens with one attached hydrogen (secondary N) is 2. The molecule has 0 spiro atoms. The largest absolute Gasteiger partial charge is 0.488 e. The van der Waals surface area contributed by atoms with Gasteiger partial charge in [0.2, 0.25) is 0 Å². The molecular formula is C24H15BrCl3N3O3S2. The second kappa shape index (κ2) is 11.9. The van der Waals surface area contributed by atoms with Crippen LogP contribution in [0.5, 0.6) is 5.75 Å². The van der Waals surface area contributed by atoms with E-state index in [1.54, 1.807) is 30.3 Å². The third-order valence-corrected chi connectivity index (χ3v) is 7.81. The number of rotatable bonds is 6. The van der Waals surface area contributed by atoms with Gasteiger partial charge in [-0.3, -0.25) is 4.79 Å². The van der Waals surface area contributed by atoms with E-state index in [1.165, 1.54) is 6.07 Å². The van der Waals surface area contributed by atoms with Crippen molar-refractivity contribution in [3.05, 3.63) is 96.2 Å². The van der Waals surface area contributed by atoms with Crippen LogP contribution in [0.2, 0.25) is 15.1 Å². The summed E-state index contributed by atoms with van der Waals surface area (Å²) < 4.78 is 6.76. The Kier molecular flexibility index (Phi) is 8.82. The number of hydrazine groups is 1. The molecule has 3 aromatic carbocycles. The van der Waals surface area contributed by atoms with Crippen molar-refractivity contribution in [1.82, 2.24) is 10.4 Å². The third-order valence-electron chi connectivity index (χ3n) is 4.78. The standard InChI is InChI=1S/C24H15BrCl3N3O3S2/c25-16-9-13(5-8-20(16)34-12-14-3-1-2-4-17(14)26)10-21-22(32)31(24(35)36-21)30-23(33)29-15-6-7-18(27)19(28)11-15/h1-11H,12H2,(H2,29,30,33)/b21-10+. The first-order valence-corrected chi connectivity index (χ1v) is 13.3. The van der Waals surface area contributed by atoms with Gasteiger partial charge in [-0.15, -0.1) is 0 Å². The normalized spacial score (nSPS) is 14.3. The summed E-state index contributed by atoms with van der Waals surface area (Å²) in [6.45, 7) is 0.312. The summed E-state index contributed by atoms with van der Waals surface area (Å²) in [4.78, 5) is 25.6. The molecule has 184 valence electrons. The predicted molar refractivity (Wildman–Crippen MR) is 154 cm³/mol. The molecule has 0 unspecified atom stereocenters. The second-order valence-corrected chi connectivity index (χ2v) is 11.0. The minimum Gasteiger partial charge on any atom is -0.488 e. The zero-order valence-corrected chi connectivity index (χ0v) is 23.5. The van der Waals surface area contributed by atoms with Crippen LogP contribution in [-0.2, 0) is 11.4 Å². The molecule has 0 saturated carbocycles. The summed E-state index contributed by atoms with van der Waals surface area (Å²) in [6, 6.07) is 16.8. The molecule has 3 amide bonds. The summed E-state index contributed by atoms with van der Waals surface area (Å²) in [7, 11) is 0. The third kappa shape index (κ3) is 6.53. The monoisotopic (exact) mass is 641 g/mol. The topological polar surface area (TPSA) is 70.7 Å². The van der Waals surface area contributed by atoms with Gasteiger partial charge >= 0.3 is 6.03 Å². The fourth-order valence-corrected chi connectivity index (χ4v) is 5.22. The summed E-state index contributed by atoms with van der Waals surface area (Å²) in [5.41, 5.74) is 4.47. The predicted octanol–water partition coefficient (Wildman–Crippen LogP) is 7.93. The number of ether oxygens (including phenoxy) is 1. The zero-order chi connectivity index (χ0) is 25.8. The van der Waals surface area contributed by atoms with Gasteiger partial charge in [-0.25, -0.2) is 10.2 Å². The maximum Gasteiger partial charge on any atom is 0.338 e. The molecule has 2 N–H and O–H groups in total. The van der Waals surface area contributed by atoms with E-state index in [4.69, 9.17) is 51.8 Å².